The summed E-state index contributed by atoms with van der Waals surface area (Å²) in [4.78, 5) is 12.5. The molecule has 0 spiro atoms. The summed E-state index contributed by atoms with van der Waals surface area (Å²) in [5, 5.41) is 4.10. The summed E-state index contributed by atoms with van der Waals surface area (Å²) in [6, 6.07) is 4.11. The third-order valence-corrected chi connectivity index (χ3v) is 3.10. The maximum absolute atomic E-state index is 5.36. The van der Waals surface area contributed by atoms with Crippen LogP contribution >= 0.6 is 0 Å². The van der Waals surface area contributed by atoms with Crippen LogP contribution in [0, 0.1) is 6.92 Å². The standard InChI is InChI=1S/C15H15N5O.C2H6/c1-11-3-13(7-16-5-11)14-4-12(6-18-15(14)21-2)8-20-10-17-9-19-20;1-2/h3-7,9-10H,8H2,1-2H3;1-2H3. The van der Waals surface area contributed by atoms with E-state index in [-0.39, 0.29) is 0 Å². The molecule has 3 aromatic heterocycles. The largest absolute Gasteiger partial charge is 0.481 e. The van der Waals surface area contributed by atoms with Crippen LogP contribution in [0.3, 0.4) is 0 Å². The molecule has 0 aromatic carbocycles. The number of hydrogen-bond acceptors (Lipinski definition) is 5. The monoisotopic (exact) mass is 311 g/mol. The lowest BCUT2D eigenvalue weighted by Crippen LogP contribution is -2.02. The van der Waals surface area contributed by atoms with Crippen molar-refractivity contribution in [2.75, 3.05) is 7.11 Å². The summed E-state index contributed by atoms with van der Waals surface area (Å²) in [6.07, 6.45) is 8.61. The summed E-state index contributed by atoms with van der Waals surface area (Å²) in [5.41, 5.74) is 4.03. The highest BCUT2D eigenvalue weighted by Gasteiger charge is 2.10. The second-order valence-corrected chi connectivity index (χ2v) is 4.74. The Morgan fingerprint density at radius 1 is 1.09 bits per heavy atom. The van der Waals surface area contributed by atoms with Gasteiger partial charge in [0.15, 0.2) is 0 Å². The van der Waals surface area contributed by atoms with Gasteiger partial charge in [0.1, 0.15) is 12.7 Å². The van der Waals surface area contributed by atoms with Crippen LogP contribution < -0.4 is 4.74 Å². The van der Waals surface area contributed by atoms with Crippen LogP contribution in [-0.2, 0) is 6.54 Å². The third kappa shape index (κ3) is 4.12. The molecule has 3 aromatic rings. The maximum atomic E-state index is 5.36. The summed E-state index contributed by atoms with van der Waals surface area (Å²) < 4.78 is 7.11. The molecule has 0 radical (unpaired) electrons. The Balaban J connectivity index is 0.000000924. The molecule has 0 aliphatic carbocycles. The molecule has 0 saturated carbocycles. The summed E-state index contributed by atoms with van der Waals surface area (Å²) in [7, 11) is 1.62. The van der Waals surface area contributed by atoms with E-state index in [0.29, 0.717) is 12.4 Å². The Morgan fingerprint density at radius 3 is 2.57 bits per heavy atom. The van der Waals surface area contributed by atoms with Crippen LogP contribution in [-0.4, -0.2) is 31.8 Å². The van der Waals surface area contributed by atoms with Crippen LogP contribution in [0.2, 0.25) is 0 Å². The molecule has 0 amide bonds. The first-order valence-corrected chi connectivity index (χ1v) is 7.53. The first-order valence-electron chi connectivity index (χ1n) is 7.53. The lowest BCUT2D eigenvalue weighted by atomic mass is 10.1. The highest BCUT2D eigenvalue weighted by atomic mass is 16.5. The Hall–Kier alpha value is -2.76. The quantitative estimate of drug-likeness (QED) is 0.740. The minimum atomic E-state index is 0.588. The molecule has 3 rings (SSSR count). The minimum Gasteiger partial charge on any atom is -0.481 e. The molecule has 120 valence electrons. The maximum Gasteiger partial charge on any atom is 0.221 e. The molecule has 3 heterocycles. The van der Waals surface area contributed by atoms with Gasteiger partial charge in [0, 0.05) is 29.7 Å². The van der Waals surface area contributed by atoms with Crippen molar-refractivity contribution in [3.8, 4) is 17.0 Å². The van der Waals surface area contributed by atoms with Gasteiger partial charge in [-0.1, -0.05) is 13.8 Å². The zero-order valence-electron chi connectivity index (χ0n) is 13.9. The molecule has 0 aliphatic rings. The molecule has 0 N–H and O–H groups in total. The van der Waals surface area contributed by atoms with Gasteiger partial charge in [0.25, 0.3) is 0 Å². The molecule has 0 saturated heterocycles. The zero-order chi connectivity index (χ0) is 16.7. The number of pyridine rings is 2. The Bertz CT molecular complexity index is 740. The number of hydrogen-bond donors (Lipinski definition) is 0. The number of ether oxygens (including phenoxy) is 1. The molecule has 23 heavy (non-hydrogen) atoms. The van der Waals surface area contributed by atoms with Crippen molar-refractivity contribution < 1.29 is 4.74 Å². The molecule has 6 nitrogen and oxygen atoms in total. The average molecular weight is 311 g/mol. The fraction of sp³-hybridized carbons (Fsp3) is 0.294. The Morgan fingerprint density at radius 2 is 1.91 bits per heavy atom. The third-order valence-electron chi connectivity index (χ3n) is 3.10. The van der Waals surface area contributed by atoms with Gasteiger partial charge in [-0.15, -0.1) is 0 Å². The van der Waals surface area contributed by atoms with Crippen LogP contribution in [0.25, 0.3) is 11.1 Å². The summed E-state index contributed by atoms with van der Waals surface area (Å²) >= 11 is 0. The number of aromatic nitrogens is 5. The fourth-order valence-corrected chi connectivity index (χ4v) is 2.16. The van der Waals surface area contributed by atoms with Crippen LogP contribution in [0.15, 0.2) is 43.4 Å². The van der Waals surface area contributed by atoms with Crippen molar-refractivity contribution in [3.05, 3.63) is 54.5 Å². The molecule has 0 unspecified atom stereocenters. The van der Waals surface area contributed by atoms with Crippen molar-refractivity contribution in [2.24, 2.45) is 0 Å². The van der Waals surface area contributed by atoms with Crippen LogP contribution in [0.5, 0.6) is 5.88 Å². The molecule has 0 fully saturated rings. The van der Waals surface area contributed by atoms with Gasteiger partial charge in [0.05, 0.1) is 13.7 Å². The Kier molecular flexibility index (Phi) is 5.80. The number of rotatable bonds is 4. The molecular weight excluding hydrogens is 290 g/mol. The number of nitrogens with zero attached hydrogens (tertiary/aromatic N) is 5. The van der Waals surface area contributed by atoms with Crippen LogP contribution in [0.1, 0.15) is 25.0 Å². The second-order valence-electron chi connectivity index (χ2n) is 4.74. The molecular formula is C17H21N5O. The smallest absolute Gasteiger partial charge is 0.221 e. The topological polar surface area (TPSA) is 65.7 Å². The van der Waals surface area contributed by atoms with Crippen molar-refractivity contribution in [2.45, 2.75) is 27.3 Å². The van der Waals surface area contributed by atoms with Crippen molar-refractivity contribution in [3.63, 3.8) is 0 Å². The lowest BCUT2D eigenvalue weighted by molar-refractivity contribution is 0.399. The van der Waals surface area contributed by atoms with Crippen molar-refractivity contribution in [1.29, 1.82) is 0 Å². The zero-order valence-corrected chi connectivity index (χ0v) is 13.9. The summed E-state index contributed by atoms with van der Waals surface area (Å²) in [6.45, 7) is 6.62. The fourth-order valence-electron chi connectivity index (χ4n) is 2.16. The lowest BCUT2D eigenvalue weighted by Gasteiger charge is -2.10. The normalized spacial score (nSPS) is 9.91. The molecule has 0 atom stereocenters. The van der Waals surface area contributed by atoms with Gasteiger partial charge in [-0.25, -0.2) is 14.6 Å². The van der Waals surface area contributed by atoms with Gasteiger partial charge in [-0.05, 0) is 30.2 Å². The van der Waals surface area contributed by atoms with E-state index in [9.17, 15) is 0 Å². The van der Waals surface area contributed by atoms with E-state index in [1.807, 2.05) is 39.2 Å². The van der Waals surface area contributed by atoms with E-state index in [0.717, 1.165) is 22.3 Å². The summed E-state index contributed by atoms with van der Waals surface area (Å²) in [5.74, 6) is 0.588. The number of aryl methyl sites for hydroxylation is 1. The SMILES string of the molecule is CC.COc1ncc(Cn2cncn2)cc1-c1cncc(C)c1. The van der Waals surface area contributed by atoms with E-state index in [1.54, 1.807) is 24.3 Å². The van der Waals surface area contributed by atoms with Gasteiger partial charge in [-0.2, -0.15) is 5.10 Å². The first-order chi connectivity index (χ1) is 11.3. The molecule has 0 aliphatic heterocycles. The minimum absolute atomic E-state index is 0.588. The van der Waals surface area contributed by atoms with E-state index in [1.165, 1.54) is 6.33 Å². The first kappa shape index (κ1) is 16.6. The van der Waals surface area contributed by atoms with Gasteiger partial charge in [-0.3, -0.25) is 4.98 Å². The highest BCUT2D eigenvalue weighted by Crippen LogP contribution is 2.28. The van der Waals surface area contributed by atoms with Gasteiger partial charge in [0.2, 0.25) is 5.88 Å². The van der Waals surface area contributed by atoms with E-state index in [4.69, 9.17) is 4.74 Å². The van der Waals surface area contributed by atoms with Gasteiger partial charge >= 0.3 is 0 Å². The van der Waals surface area contributed by atoms with Crippen LogP contribution in [0.4, 0.5) is 0 Å². The van der Waals surface area contributed by atoms with E-state index in [2.05, 4.69) is 26.1 Å². The predicted molar refractivity (Wildman–Crippen MR) is 89.2 cm³/mol. The highest BCUT2D eigenvalue weighted by molar-refractivity contribution is 5.68. The van der Waals surface area contributed by atoms with Crippen molar-refractivity contribution in [1.82, 2.24) is 24.7 Å². The van der Waals surface area contributed by atoms with E-state index < -0.39 is 0 Å². The average Bonchev–Trinajstić information content (AvgIpc) is 3.09. The number of methoxy groups -OCH3 is 1. The second kappa shape index (κ2) is 8.03. The van der Waals surface area contributed by atoms with Gasteiger partial charge < -0.3 is 4.74 Å². The molecule has 6 heteroatoms. The van der Waals surface area contributed by atoms with Crippen molar-refractivity contribution >= 4 is 0 Å². The van der Waals surface area contributed by atoms with E-state index >= 15 is 0 Å². The molecule has 0 bridgehead atoms. The predicted octanol–water partition coefficient (Wildman–Crippen LogP) is 3.13. The Labute approximate surface area is 136 Å².